The number of unbranched alkanes of at least 4 members (excludes halogenated alkanes) is 35. The minimum Gasteiger partial charge on any atom is -0.391 e. The van der Waals surface area contributed by atoms with Gasteiger partial charge < -0.3 is 46.0 Å². The number of hydrogen-bond donors (Lipinski definition) is 9. The van der Waals surface area contributed by atoms with E-state index < -0.39 is 75.2 Å². The Morgan fingerprint density at radius 3 is 1.05 bits per heavy atom. The minimum absolute atomic E-state index is 0.225. The predicted molar refractivity (Wildman–Crippen MR) is 266 cm³/mol. The lowest BCUT2D eigenvalue weighted by atomic mass is 9.85. The largest absolute Gasteiger partial charge is 0.472 e. The highest BCUT2D eigenvalue weighted by Crippen LogP contribution is 2.47. The Balaban J connectivity index is 2.39. The van der Waals surface area contributed by atoms with Crippen LogP contribution in [0.2, 0.25) is 0 Å². The second kappa shape index (κ2) is 42.0. The molecule has 66 heavy (non-hydrogen) atoms. The number of aliphatic hydroxyl groups is 7. The molecule has 14 heteroatoms. The van der Waals surface area contributed by atoms with E-state index in [0.717, 1.165) is 44.9 Å². The van der Waals surface area contributed by atoms with Gasteiger partial charge >= 0.3 is 7.82 Å². The Kier molecular flexibility index (Phi) is 40.3. The molecule has 1 aliphatic rings. The molecular weight excluding hydrogens is 862 g/mol. The van der Waals surface area contributed by atoms with Gasteiger partial charge in [0.25, 0.3) is 0 Å². The number of nitrogens with one attached hydrogen (secondary N) is 1. The average Bonchev–Trinajstić information content (AvgIpc) is 3.30. The topological polar surface area (TPSA) is 226 Å². The lowest BCUT2D eigenvalue weighted by molar-refractivity contribution is -0.220. The Bertz CT molecular complexity index is 1140. The number of carbonyl (C=O) groups is 1. The van der Waals surface area contributed by atoms with Gasteiger partial charge in [0.15, 0.2) is 0 Å². The van der Waals surface area contributed by atoms with Crippen molar-refractivity contribution in [2.24, 2.45) is 0 Å². The van der Waals surface area contributed by atoms with Crippen LogP contribution >= 0.6 is 7.82 Å². The summed E-state index contributed by atoms with van der Waals surface area (Å²) < 4.78 is 23.0. The quantitative estimate of drug-likeness (QED) is 0.0205. The molecule has 0 radical (unpaired) electrons. The summed E-state index contributed by atoms with van der Waals surface area (Å²) in [6, 6.07) is -1.20. The van der Waals surface area contributed by atoms with Gasteiger partial charge in [-0.1, -0.05) is 251 Å². The fourth-order valence-corrected chi connectivity index (χ4v) is 10.2. The normalized spacial score (nSPS) is 22.3. The van der Waals surface area contributed by atoms with Crippen LogP contribution in [-0.4, -0.2) is 108 Å². The molecular formula is C52H104NO12P. The van der Waals surface area contributed by atoms with Gasteiger partial charge in [-0.15, -0.1) is 0 Å². The minimum atomic E-state index is -5.13. The first kappa shape index (κ1) is 63.3. The standard InChI is InChI=1S/C52H104NO12P/c1-3-5-7-9-11-13-15-17-19-20-21-22-23-24-25-27-29-31-33-35-37-39-41-45(55)52(61)53-43(42-64-66(62,63)65-51-49(59)47(57)46(56)48(58)50(51)60)44(54)40-38-36-34-32-30-28-26-18-16-14-12-10-8-6-4-2/h43-51,54-60H,3-42H2,1-2H3,(H,53,61)(H,62,63)/t43-,44+,45?,46?,47+,48?,49?,50?,51?/m0/s1. The molecule has 1 fully saturated rings. The van der Waals surface area contributed by atoms with Crippen molar-refractivity contribution < 1.29 is 59.0 Å². The fraction of sp³-hybridized carbons (Fsp3) is 0.981. The SMILES string of the molecule is CCCCCCCCCCCCCCCCCCCCCCCCC(O)C(=O)N[C@@H](COP(=O)(O)OC1C(O)C(O)C(O)[C@@H](O)C1O)[C@H](O)CCCCCCCCCCCCCCCCC. The van der Waals surface area contributed by atoms with Crippen molar-refractivity contribution in [2.75, 3.05) is 6.61 Å². The molecule has 7 unspecified atom stereocenters. The summed E-state index contributed by atoms with van der Waals surface area (Å²) in [4.78, 5) is 23.6. The molecule has 10 atom stereocenters. The van der Waals surface area contributed by atoms with E-state index in [9.17, 15) is 50.0 Å². The van der Waals surface area contributed by atoms with Gasteiger partial charge in [0.2, 0.25) is 5.91 Å². The Hall–Kier alpha value is -0.700. The summed E-state index contributed by atoms with van der Waals surface area (Å²) in [7, 11) is -5.13. The molecule has 0 heterocycles. The molecule has 1 rings (SSSR count). The zero-order valence-corrected chi connectivity index (χ0v) is 43.0. The number of carbonyl (C=O) groups excluding carboxylic acids is 1. The smallest absolute Gasteiger partial charge is 0.391 e. The maximum Gasteiger partial charge on any atom is 0.472 e. The van der Waals surface area contributed by atoms with Gasteiger partial charge in [-0.05, 0) is 12.8 Å². The highest BCUT2D eigenvalue weighted by Gasteiger charge is 2.51. The molecule has 13 nitrogen and oxygen atoms in total. The average molecular weight is 966 g/mol. The number of aliphatic hydroxyl groups excluding tert-OH is 7. The molecule has 1 amide bonds. The van der Waals surface area contributed by atoms with Crippen molar-refractivity contribution in [2.45, 2.75) is 319 Å². The van der Waals surface area contributed by atoms with E-state index in [1.165, 1.54) is 180 Å². The summed E-state index contributed by atoms with van der Waals surface area (Å²) in [6.45, 7) is 3.80. The van der Waals surface area contributed by atoms with Gasteiger partial charge in [-0.2, -0.15) is 0 Å². The van der Waals surface area contributed by atoms with Crippen LogP contribution in [0.15, 0.2) is 0 Å². The van der Waals surface area contributed by atoms with Crippen LogP contribution in [0.5, 0.6) is 0 Å². The van der Waals surface area contributed by atoms with Gasteiger partial charge in [-0.3, -0.25) is 13.8 Å². The summed E-state index contributed by atoms with van der Waals surface area (Å²) >= 11 is 0. The van der Waals surface area contributed by atoms with Crippen LogP contribution in [0.1, 0.15) is 264 Å². The number of phosphoric acid groups is 1. The molecule has 0 saturated heterocycles. The van der Waals surface area contributed by atoms with Crippen molar-refractivity contribution in [3.63, 3.8) is 0 Å². The summed E-state index contributed by atoms with van der Waals surface area (Å²) in [5.41, 5.74) is 0. The van der Waals surface area contributed by atoms with Gasteiger partial charge in [0, 0.05) is 0 Å². The van der Waals surface area contributed by atoms with Crippen LogP contribution in [0, 0.1) is 0 Å². The maximum absolute atomic E-state index is 13.1. The highest BCUT2D eigenvalue weighted by molar-refractivity contribution is 7.47. The maximum atomic E-state index is 13.1. The first-order chi connectivity index (χ1) is 31.9. The van der Waals surface area contributed by atoms with E-state index in [1.54, 1.807) is 0 Å². The number of hydrogen-bond acceptors (Lipinski definition) is 11. The molecule has 0 spiro atoms. The molecule has 0 aliphatic heterocycles. The Labute approximate surface area is 402 Å². The van der Waals surface area contributed by atoms with Crippen molar-refractivity contribution in [1.82, 2.24) is 5.32 Å². The predicted octanol–water partition coefficient (Wildman–Crippen LogP) is 10.8. The van der Waals surface area contributed by atoms with Crippen molar-refractivity contribution in [3.8, 4) is 0 Å². The Morgan fingerprint density at radius 2 is 0.727 bits per heavy atom. The first-order valence-electron chi connectivity index (χ1n) is 27.6. The lowest BCUT2D eigenvalue weighted by Crippen LogP contribution is -2.64. The van der Waals surface area contributed by atoms with Gasteiger partial charge in [0.05, 0.1) is 18.8 Å². The summed E-state index contributed by atoms with van der Waals surface area (Å²) in [5.74, 6) is -0.741. The monoisotopic (exact) mass is 966 g/mol. The zero-order chi connectivity index (χ0) is 48.7. The third-order valence-corrected chi connectivity index (χ3v) is 14.8. The Morgan fingerprint density at radius 1 is 0.455 bits per heavy atom. The fourth-order valence-electron chi connectivity index (χ4n) is 9.21. The van der Waals surface area contributed by atoms with E-state index >= 15 is 0 Å². The molecule has 0 aromatic heterocycles. The van der Waals surface area contributed by atoms with E-state index in [1.807, 2.05) is 0 Å². The molecule has 1 aliphatic carbocycles. The molecule has 9 N–H and O–H groups in total. The van der Waals surface area contributed by atoms with E-state index in [0.29, 0.717) is 12.8 Å². The molecule has 0 bridgehead atoms. The number of amides is 1. The number of phosphoric ester groups is 1. The summed E-state index contributed by atoms with van der Waals surface area (Å²) in [5, 5.41) is 74.9. The van der Waals surface area contributed by atoms with Crippen molar-refractivity contribution >= 4 is 13.7 Å². The highest BCUT2D eigenvalue weighted by atomic mass is 31.2. The molecule has 1 saturated carbocycles. The van der Waals surface area contributed by atoms with Crippen LogP contribution in [0.3, 0.4) is 0 Å². The van der Waals surface area contributed by atoms with E-state index in [4.69, 9.17) is 9.05 Å². The molecule has 0 aromatic rings. The first-order valence-corrected chi connectivity index (χ1v) is 29.1. The van der Waals surface area contributed by atoms with Crippen LogP contribution < -0.4 is 5.32 Å². The van der Waals surface area contributed by atoms with E-state index in [-0.39, 0.29) is 12.8 Å². The second-order valence-electron chi connectivity index (χ2n) is 19.9. The van der Waals surface area contributed by atoms with Crippen LogP contribution in [0.25, 0.3) is 0 Å². The van der Waals surface area contributed by atoms with Crippen LogP contribution in [0.4, 0.5) is 0 Å². The third-order valence-electron chi connectivity index (χ3n) is 13.8. The molecule has 0 aromatic carbocycles. The number of rotatable bonds is 47. The summed E-state index contributed by atoms with van der Waals surface area (Å²) in [6.07, 6.45) is 31.7. The van der Waals surface area contributed by atoms with Crippen LogP contribution in [-0.2, 0) is 18.4 Å². The zero-order valence-electron chi connectivity index (χ0n) is 42.1. The van der Waals surface area contributed by atoms with E-state index in [2.05, 4.69) is 19.2 Å². The van der Waals surface area contributed by atoms with Gasteiger partial charge in [-0.25, -0.2) is 4.57 Å². The van der Waals surface area contributed by atoms with Crippen molar-refractivity contribution in [1.29, 1.82) is 0 Å². The molecule has 394 valence electrons. The third kappa shape index (κ3) is 32.2. The van der Waals surface area contributed by atoms with Gasteiger partial charge in [0.1, 0.15) is 42.7 Å². The van der Waals surface area contributed by atoms with Crippen molar-refractivity contribution in [3.05, 3.63) is 0 Å². The second-order valence-corrected chi connectivity index (χ2v) is 21.3. The lowest BCUT2D eigenvalue weighted by Gasteiger charge is -2.41.